The molecule has 3 aromatic rings. The SMILES string of the molecule is COc1ccccc1/C=C1\Oc2c(ccc(OC(=O)COc3c(F)c(F)c(F)c(F)c3F)c2C)C1=O. The van der Waals surface area contributed by atoms with E-state index in [2.05, 4.69) is 4.74 Å². The van der Waals surface area contributed by atoms with Crippen molar-refractivity contribution < 1.29 is 50.5 Å². The van der Waals surface area contributed by atoms with E-state index < -0.39 is 53.2 Å². The lowest BCUT2D eigenvalue weighted by Crippen LogP contribution is -2.20. The zero-order valence-electron chi connectivity index (χ0n) is 18.6. The second-order valence-corrected chi connectivity index (χ2v) is 7.41. The second kappa shape index (κ2) is 9.68. The number of hydrogen-bond acceptors (Lipinski definition) is 6. The van der Waals surface area contributed by atoms with E-state index >= 15 is 0 Å². The number of carbonyl (C=O) groups excluding carboxylic acids is 2. The van der Waals surface area contributed by atoms with Gasteiger partial charge in [-0.05, 0) is 31.2 Å². The zero-order valence-corrected chi connectivity index (χ0v) is 18.6. The van der Waals surface area contributed by atoms with Crippen LogP contribution in [0.15, 0.2) is 42.2 Å². The Balaban J connectivity index is 1.51. The highest BCUT2D eigenvalue weighted by Crippen LogP contribution is 2.40. The largest absolute Gasteiger partial charge is 0.496 e. The summed E-state index contributed by atoms with van der Waals surface area (Å²) in [7, 11) is 1.48. The summed E-state index contributed by atoms with van der Waals surface area (Å²) in [6.07, 6.45) is 1.49. The Hall–Kier alpha value is -4.41. The summed E-state index contributed by atoms with van der Waals surface area (Å²) in [5.74, 6) is -14.0. The lowest BCUT2D eigenvalue weighted by molar-refractivity contribution is -0.136. The van der Waals surface area contributed by atoms with Crippen LogP contribution in [0.2, 0.25) is 0 Å². The molecular weight excluding hydrogens is 491 g/mol. The molecule has 4 rings (SSSR count). The molecule has 0 radical (unpaired) electrons. The number of benzene rings is 3. The van der Waals surface area contributed by atoms with Gasteiger partial charge in [-0.2, -0.15) is 8.78 Å². The molecule has 0 unspecified atom stereocenters. The number of esters is 1. The minimum atomic E-state index is -2.36. The fraction of sp³-hybridized carbons (Fsp3) is 0.120. The molecule has 0 spiro atoms. The molecule has 0 N–H and O–H groups in total. The highest BCUT2D eigenvalue weighted by Gasteiger charge is 2.31. The average molecular weight is 506 g/mol. The van der Waals surface area contributed by atoms with Gasteiger partial charge in [-0.15, -0.1) is 0 Å². The average Bonchev–Trinajstić information content (AvgIpc) is 3.19. The van der Waals surface area contributed by atoms with Crippen molar-refractivity contribution in [3.63, 3.8) is 0 Å². The van der Waals surface area contributed by atoms with Gasteiger partial charge in [-0.25, -0.2) is 18.0 Å². The van der Waals surface area contributed by atoms with Gasteiger partial charge in [0.15, 0.2) is 18.1 Å². The van der Waals surface area contributed by atoms with E-state index in [1.807, 2.05) is 0 Å². The lowest BCUT2D eigenvalue weighted by atomic mass is 10.1. The van der Waals surface area contributed by atoms with Crippen molar-refractivity contribution >= 4 is 17.8 Å². The van der Waals surface area contributed by atoms with Crippen molar-refractivity contribution in [3.8, 4) is 23.0 Å². The summed E-state index contributed by atoms with van der Waals surface area (Å²) in [6.45, 7) is 0.319. The van der Waals surface area contributed by atoms with Crippen LogP contribution in [0.25, 0.3) is 6.08 Å². The maximum atomic E-state index is 13.7. The summed E-state index contributed by atoms with van der Waals surface area (Å²) < 4.78 is 87.6. The number of methoxy groups -OCH3 is 1. The first-order valence-corrected chi connectivity index (χ1v) is 10.2. The fourth-order valence-corrected chi connectivity index (χ4v) is 3.40. The molecule has 186 valence electrons. The van der Waals surface area contributed by atoms with Crippen LogP contribution in [0.1, 0.15) is 21.5 Å². The number of carbonyl (C=O) groups is 2. The van der Waals surface area contributed by atoms with Gasteiger partial charge in [0.05, 0.1) is 12.7 Å². The van der Waals surface area contributed by atoms with Crippen LogP contribution < -0.4 is 18.9 Å². The Bertz CT molecular complexity index is 1400. The first kappa shape index (κ1) is 24.7. The molecule has 0 atom stereocenters. The molecule has 3 aromatic carbocycles. The number of allylic oxidation sites excluding steroid dienone is 1. The van der Waals surface area contributed by atoms with Crippen LogP contribution in [0.5, 0.6) is 23.0 Å². The number of hydrogen-bond donors (Lipinski definition) is 0. The molecule has 0 fully saturated rings. The number of ketones is 1. The number of ether oxygens (including phenoxy) is 4. The topological polar surface area (TPSA) is 71.1 Å². The maximum Gasteiger partial charge on any atom is 0.349 e. The summed E-state index contributed by atoms with van der Waals surface area (Å²) in [6, 6.07) is 9.57. The molecule has 0 aromatic heterocycles. The van der Waals surface area contributed by atoms with Crippen LogP contribution in [-0.2, 0) is 4.79 Å². The normalized spacial score (nSPS) is 13.4. The molecular formula is C25H15F5O6. The Kier molecular flexibility index (Phi) is 6.65. The van der Waals surface area contributed by atoms with Gasteiger partial charge < -0.3 is 18.9 Å². The van der Waals surface area contributed by atoms with E-state index in [0.717, 1.165) is 0 Å². The van der Waals surface area contributed by atoms with E-state index in [1.165, 1.54) is 32.2 Å². The summed E-state index contributed by atoms with van der Waals surface area (Å²) in [4.78, 5) is 24.9. The van der Waals surface area contributed by atoms with Gasteiger partial charge in [-0.3, -0.25) is 4.79 Å². The van der Waals surface area contributed by atoms with E-state index in [1.54, 1.807) is 24.3 Å². The highest BCUT2D eigenvalue weighted by molar-refractivity contribution is 6.15. The molecule has 1 aliphatic heterocycles. The molecule has 1 heterocycles. The minimum absolute atomic E-state index is 0.00396. The standard InChI is InChI=1S/C25H15F5O6/c1-11-14(35-17(31)10-34-25-21(29)19(27)18(26)20(28)22(25)30)8-7-13-23(32)16(36-24(11)13)9-12-5-3-4-6-15(12)33-2/h3-9H,10H2,1-2H3/b16-9-. The fourth-order valence-electron chi connectivity index (χ4n) is 3.40. The predicted octanol–water partition coefficient (Wildman–Crippen LogP) is 5.30. The first-order valence-electron chi connectivity index (χ1n) is 10.2. The van der Waals surface area contributed by atoms with Crippen molar-refractivity contribution in [3.05, 3.63) is 87.9 Å². The predicted molar refractivity (Wildman–Crippen MR) is 114 cm³/mol. The first-order chi connectivity index (χ1) is 17.1. The van der Waals surface area contributed by atoms with Gasteiger partial charge in [-0.1, -0.05) is 18.2 Å². The van der Waals surface area contributed by atoms with E-state index in [4.69, 9.17) is 14.2 Å². The molecule has 0 bridgehead atoms. The van der Waals surface area contributed by atoms with Gasteiger partial charge >= 0.3 is 5.97 Å². The van der Waals surface area contributed by atoms with Gasteiger partial charge in [0.25, 0.3) is 0 Å². The Morgan fingerprint density at radius 2 is 1.56 bits per heavy atom. The van der Waals surface area contributed by atoms with Crippen LogP contribution in [0.4, 0.5) is 22.0 Å². The molecule has 36 heavy (non-hydrogen) atoms. The van der Waals surface area contributed by atoms with Gasteiger partial charge in [0.1, 0.15) is 17.2 Å². The van der Waals surface area contributed by atoms with Crippen molar-refractivity contribution in [2.75, 3.05) is 13.7 Å². The smallest absolute Gasteiger partial charge is 0.349 e. The van der Waals surface area contributed by atoms with E-state index in [9.17, 15) is 31.5 Å². The van der Waals surface area contributed by atoms with Gasteiger partial charge in [0, 0.05) is 11.1 Å². The molecule has 1 aliphatic rings. The molecule has 0 aliphatic carbocycles. The Morgan fingerprint density at radius 3 is 2.22 bits per heavy atom. The summed E-state index contributed by atoms with van der Waals surface area (Å²) in [5, 5.41) is 0. The van der Waals surface area contributed by atoms with Crippen LogP contribution >= 0.6 is 0 Å². The van der Waals surface area contributed by atoms with Crippen molar-refractivity contribution in [1.82, 2.24) is 0 Å². The third kappa shape index (κ3) is 4.35. The minimum Gasteiger partial charge on any atom is -0.496 e. The van der Waals surface area contributed by atoms with Crippen LogP contribution in [0.3, 0.4) is 0 Å². The molecule has 6 nitrogen and oxygen atoms in total. The molecule has 11 heteroatoms. The third-order valence-corrected chi connectivity index (χ3v) is 5.19. The van der Waals surface area contributed by atoms with Crippen LogP contribution in [0, 0.1) is 36.0 Å². The Labute approximate surface area is 200 Å². The maximum absolute atomic E-state index is 13.7. The Morgan fingerprint density at radius 1 is 0.917 bits per heavy atom. The monoisotopic (exact) mass is 506 g/mol. The quantitative estimate of drug-likeness (QED) is 0.113. The van der Waals surface area contributed by atoms with Crippen molar-refractivity contribution in [2.24, 2.45) is 0 Å². The number of rotatable bonds is 6. The van der Waals surface area contributed by atoms with E-state index in [-0.39, 0.29) is 28.4 Å². The number of Topliss-reactive ketones (excluding diaryl/α,β-unsaturated/α-hetero) is 1. The number of para-hydroxylation sites is 1. The van der Waals surface area contributed by atoms with E-state index in [0.29, 0.717) is 11.3 Å². The zero-order chi connectivity index (χ0) is 26.1. The number of halogens is 5. The summed E-state index contributed by atoms with van der Waals surface area (Å²) in [5.41, 5.74) is 1.03. The molecule has 0 saturated carbocycles. The van der Waals surface area contributed by atoms with Gasteiger partial charge in [0.2, 0.25) is 34.9 Å². The highest BCUT2D eigenvalue weighted by atomic mass is 19.2. The summed E-state index contributed by atoms with van der Waals surface area (Å²) >= 11 is 0. The molecule has 0 saturated heterocycles. The van der Waals surface area contributed by atoms with Crippen molar-refractivity contribution in [1.29, 1.82) is 0 Å². The lowest BCUT2D eigenvalue weighted by Gasteiger charge is -2.12. The number of fused-ring (bicyclic) bond motifs is 1. The van der Waals surface area contributed by atoms with Crippen molar-refractivity contribution in [2.45, 2.75) is 6.92 Å². The third-order valence-electron chi connectivity index (χ3n) is 5.19. The van der Waals surface area contributed by atoms with Crippen LogP contribution in [-0.4, -0.2) is 25.5 Å². The molecule has 0 amide bonds. The second-order valence-electron chi connectivity index (χ2n) is 7.41.